The number of nitrogens with two attached hydrogens (primary N) is 2. The third-order valence-corrected chi connectivity index (χ3v) is 2.37. The maximum absolute atomic E-state index is 13.2. The second-order valence-corrected chi connectivity index (χ2v) is 3.75. The molecule has 0 fully saturated rings. The Kier molecular flexibility index (Phi) is 3.01. The van der Waals surface area contributed by atoms with Gasteiger partial charge in [-0.2, -0.15) is 18.2 Å². The number of alkyl halides is 3. The summed E-state index contributed by atoms with van der Waals surface area (Å²) in [6, 6.07) is 2.09. The van der Waals surface area contributed by atoms with E-state index in [9.17, 15) is 17.6 Å². The SMILES string of the molecule is Nc1ncc(-c2cc(F)cc(C(F)(F)F)c2)c(N)n1. The summed E-state index contributed by atoms with van der Waals surface area (Å²) in [7, 11) is 0. The molecule has 4 N–H and O–H groups in total. The van der Waals surface area contributed by atoms with Crippen LogP contribution in [0.15, 0.2) is 24.4 Å². The maximum Gasteiger partial charge on any atom is 0.416 e. The summed E-state index contributed by atoms with van der Waals surface area (Å²) >= 11 is 0. The van der Waals surface area contributed by atoms with E-state index in [2.05, 4.69) is 9.97 Å². The van der Waals surface area contributed by atoms with Gasteiger partial charge in [-0.15, -0.1) is 0 Å². The Labute approximate surface area is 105 Å². The predicted octanol–water partition coefficient (Wildman–Crippen LogP) is 2.47. The monoisotopic (exact) mass is 272 g/mol. The average Bonchev–Trinajstić information content (AvgIpc) is 2.26. The molecule has 0 atom stereocenters. The fraction of sp³-hybridized carbons (Fsp3) is 0.0909. The van der Waals surface area contributed by atoms with E-state index in [4.69, 9.17) is 11.5 Å². The number of hydrogen-bond acceptors (Lipinski definition) is 4. The third-order valence-electron chi connectivity index (χ3n) is 2.37. The first-order chi connectivity index (χ1) is 8.77. The van der Waals surface area contributed by atoms with Gasteiger partial charge in [0.1, 0.15) is 11.6 Å². The highest BCUT2D eigenvalue weighted by Gasteiger charge is 2.31. The fourth-order valence-corrected chi connectivity index (χ4v) is 1.54. The lowest BCUT2D eigenvalue weighted by Crippen LogP contribution is -2.06. The molecule has 1 aromatic heterocycles. The quantitative estimate of drug-likeness (QED) is 0.782. The number of halogens is 4. The lowest BCUT2D eigenvalue weighted by atomic mass is 10.0. The largest absolute Gasteiger partial charge is 0.416 e. The van der Waals surface area contributed by atoms with E-state index in [1.54, 1.807) is 0 Å². The number of rotatable bonds is 1. The van der Waals surface area contributed by atoms with Crippen LogP contribution in [0.2, 0.25) is 0 Å². The highest BCUT2D eigenvalue weighted by molar-refractivity contribution is 5.74. The van der Waals surface area contributed by atoms with Gasteiger partial charge < -0.3 is 11.5 Å². The van der Waals surface area contributed by atoms with Crippen molar-refractivity contribution in [3.63, 3.8) is 0 Å². The molecule has 0 spiro atoms. The van der Waals surface area contributed by atoms with Gasteiger partial charge in [0.15, 0.2) is 0 Å². The Morgan fingerprint density at radius 2 is 1.74 bits per heavy atom. The molecular formula is C11H8F4N4. The van der Waals surface area contributed by atoms with E-state index in [-0.39, 0.29) is 22.9 Å². The number of benzene rings is 1. The van der Waals surface area contributed by atoms with Crippen LogP contribution in [0, 0.1) is 5.82 Å². The van der Waals surface area contributed by atoms with Crippen LogP contribution in [0.4, 0.5) is 29.3 Å². The Morgan fingerprint density at radius 1 is 1.05 bits per heavy atom. The maximum atomic E-state index is 13.2. The van der Waals surface area contributed by atoms with E-state index in [0.29, 0.717) is 6.07 Å². The number of nitrogens with zero attached hydrogens (tertiary/aromatic N) is 2. The summed E-state index contributed by atoms with van der Waals surface area (Å²) in [6.45, 7) is 0. The average molecular weight is 272 g/mol. The Hall–Kier alpha value is -2.38. The van der Waals surface area contributed by atoms with Crippen molar-refractivity contribution in [2.24, 2.45) is 0 Å². The van der Waals surface area contributed by atoms with E-state index in [0.717, 1.165) is 18.3 Å². The molecular weight excluding hydrogens is 264 g/mol. The Morgan fingerprint density at radius 3 is 2.32 bits per heavy atom. The van der Waals surface area contributed by atoms with Crippen molar-refractivity contribution in [2.45, 2.75) is 6.18 Å². The van der Waals surface area contributed by atoms with Crippen molar-refractivity contribution in [1.82, 2.24) is 9.97 Å². The molecule has 0 saturated heterocycles. The highest BCUT2D eigenvalue weighted by atomic mass is 19.4. The van der Waals surface area contributed by atoms with Crippen LogP contribution in [-0.4, -0.2) is 9.97 Å². The van der Waals surface area contributed by atoms with Gasteiger partial charge in [-0.1, -0.05) is 0 Å². The molecule has 100 valence electrons. The summed E-state index contributed by atoms with van der Waals surface area (Å²) in [5.74, 6) is -1.26. The van der Waals surface area contributed by atoms with Crippen LogP contribution in [0.3, 0.4) is 0 Å². The normalized spacial score (nSPS) is 11.6. The standard InChI is InChI=1S/C11H8F4N4/c12-7-2-5(1-6(3-7)11(13,14)15)8-4-18-10(17)19-9(8)16/h1-4H,(H4,16,17,18,19). The second kappa shape index (κ2) is 4.38. The van der Waals surface area contributed by atoms with E-state index in [1.807, 2.05) is 0 Å². The first-order valence-electron chi connectivity index (χ1n) is 5.03. The number of hydrogen-bond donors (Lipinski definition) is 2. The first kappa shape index (κ1) is 13.1. The fourth-order valence-electron chi connectivity index (χ4n) is 1.54. The molecule has 0 aliphatic rings. The van der Waals surface area contributed by atoms with Gasteiger partial charge in [-0.25, -0.2) is 9.37 Å². The topological polar surface area (TPSA) is 77.8 Å². The molecule has 0 bridgehead atoms. The second-order valence-electron chi connectivity index (χ2n) is 3.75. The molecule has 0 amide bonds. The van der Waals surface area contributed by atoms with Crippen molar-refractivity contribution < 1.29 is 17.6 Å². The van der Waals surface area contributed by atoms with Crippen LogP contribution in [-0.2, 0) is 6.18 Å². The molecule has 0 aliphatic heterocycles. The Bertz CT molecular complexity index is 625. The van der Waals surface area contributed by atoms with Gasteiger partial charge in [-0.05, 0) is 23.8 Å². The van der Waals surface area contributed by atoms with Gasteiger partial charge in [0.05, 0.1) is 5.56 Å². The van der Waals surface area contributed by atoms with Crippen LogP contribution in [0.5, 0.6) is 0 Å². The first-order valence-corrected chi connectivity index (χ1v) is 5.03. The van der Waals surface area contributed by atoms with Crippen molar-refractivity contribution in [3.05, 3.63) is 35.8 Å². The predicted molar refractivity (Wildman–Crippen MR) is 61.3 cm³/mol. The van der Waals surface area contributed by atoms with Gasteiger partial charge in [0.25, 0.3) is 0 Å². The lowest BCUT2D eigenvalue weighted by molar-refractivity contribution is -0.137. The summed E-state index contributed by atoms with van der Waals surface area (Å²) in [4.78, 5) is 7.23. The number of anilines is 2. The van der Waals surface area contributed by atoms with Crippen LogP contribution >= 0.6 is 0 Å². The van der Waals surface area contributed by atoms with Crippen molar-refractivity contribution in [3.8, 4) is 11.1 Å². The number of aromatic nitrogens is 2. The van der Waals surface area contributed by atoms with Gasteiger partial charge in [0, 0.05) is 11.8 Å². The minimum absolute atomic E-state index is 0.0650. The molecule has 1 aromatic carbocycles. The van der Waals surface area contributed by atoms with E-state index >= 15 is 0 Å². The highest BCUT2D eigenvalue weighted by Crippen LogP contribution is 2.34. The summed E-state index contributed by atoms with van der Waals surface area (Å²) in [5, 5.41) is 0. The van der Waals surface area contributed by atoms with E-state index in [1.165, 1.54) is 0 Å². The van der Waals surface area contributed by atoms with Crippen LogP contribution in [0.1, 0.15) is 5.56 Å². The summed E-state index contributed by atoms with van der Waals surface area (Å²) in [6.07, 6.45) is -3.51. The van der Waals surface area contributed by atoms with Crippen LogP contribution < -0.4 is 11.5 Å². The molecule has 0 saturated carbocycles. The molecule has 8 heteroatoms. The number of nitrogen functional groups attached to an aromatic ring is 2. The zero-order chi connectivity index (χ0) is 14.2. The van der Waals surface area contributed by atoms with Crippen LogP contribution in [0.25, 0.3) is 11.1 Å². The minimum Gasteiger partial charge on any atom is -0.383 e. The molecule has 2 rings (SSSR count). The molecule has 19 heavy (non-hydrogen) atoms. The Balaban J connectivity index is 2.59. The van der Waals surface area contributed by atoms with Gasteiger partial charge in [-0.3, -0.25) is 0 Å². The zero-order valence-electron chi connectivity index (χ0n) is 9.37. The smallest absolute Gasteiger partial charge is 0.383 e. The third kappa shape index (κ3) is 2.72. The van der Waals surface area contributed by atoms with Crippen molar-refractivity contribution >= 4 is 11.8 Å². The summed E-state index contributed by atoms with van der Waals surface area (Å²) < 4.78 is 51.0. The van der Waals surface area contributed by atoms with Gasteiger partial charge >= 0.3 is 6.18 Å². The molecule has 1 heterocycles. The zero-order valence-corrected chi connectivity index (χ0v) is 9.37. The molecule has 4 nitrogen and oxygen atoms in total. The minimum atomic E-state index is -4.65. The van der Waals surface area contributed by atoms with E-state index < -0.39 is 17.6 Å². The molecule has 0 radical (unpaired) electrons. The molecule has 2 aromatic rings. The van der Waals surface area contributed by atoms with Crippen molar-refractivity contribution in [1.29, 1.82) is 0 Å². The molecule has 0 unspecified atom stereocenters. The van der Waals surface area contributed by atoms with Crippen molar-refractivity contribution in [2.75, 3.05) is 11.5 Å². The van der Waals surface area contributed by atoms with Gasteiger partial charge in [0.2, 0.25) is 5.95 Å². The lowest BCUT2D eigenvalue weighted by Gasteiger charge is -2.10. The summed E-state index contributed by atoms with van der Waals surface area (Å²) in [5.41, 5.74) is 9.71. The molecule has 0 aliphatic carbocycles.